The van der Waals surface area contributed by atoms with Crippen molar-refractivity contribution in [2.75, 3.05) is 13.7 Å². The van der Waals surface area contributed by atoms with Gasteiger partial charge in [-0.25, -0.2) is 0 Å². The molecule has 0 aliphatic rings. The number of alkyl halides is 5. The van der Waals surface area contributed by atoms with Gasteiger partial charge >= 0.3 is 12.8 Å². The summed E-state index contributed by atoms with van der Waals surface area (Å²) in [6.07, 6.45) is -3.69. The smallest absolute Gasteiger partial charge is 0.433 e. The van der Waals surface area contributed by atoms with Gasteiger partial charge in [0.2, 0.25) is 0 Å². The normalized spacial score (nSPS) is 11.8. The lowest BCUT2D eigenvalue weighted by atomic mass is 10.1. The van der Waals surface area contributed by atoms with E-state index in [-0.39, 0.29) is 24.5 Å². The summed E-state index contributed by atoms with van der Waals surface area (Å²) in [5.41, 5.74) is -1.18. The van der Waals surface area contributed by atoms with E-state index in [0.29, 0.717) is 5.56 Å². The van der Waals surface area contributed by atoms with E-state index in [1.165, 1.54) is 33.1 Å². The summed E-state index contributed by atoms with van der Waals surface area (Å²) in [6.45, 7) is -0.0277. The van der Waals surface area contributed by atoms with Crippen LogP contribution in [0.15, 0.2) is 24.4 Å². The van der Waals surface area contributed by atoms with Crippen LogP contribution in [0.5, 0.6) is 11.5 Å². The molecule has 0 radical (unpaired) electrons. The molecule has 6 nitrogen and oxygen atoms in total. The van der Waals surface area contributed by atoms with Gasteiger partial charge in [0, 0.05) is 12.6 Å². The topological polar surface area (TPSA) is 65.4 Å². The van der Waals surface area contributed by atoms with Gasteiger partial charge in [-0.2, -0.15) is 27.1 Å². The van der Waals surface area contributed by atoms with Gasteiger partial charge in [-0.15, -0.1) is 0 Å². The third-order valence-corrected chi connectivity index (χ3v) is 3.94. The van der Waals surface area contributed by atoms with E-state index < -0.39 is 36.0 Å². The average molecular weight is 421 g/mol. The Morgan fingerprint density at radius 3 is 2.48 bits per heavy atom. The van der Waals surface area contributed by atoms with E-state index in [4.69, 9.17) is 4.74 Å². The summed E-state index contributed by atoms with van der Waals surface area (Å²) in [4.78, 5) is 12.2. The molecule has 0 saturated heterocycles. The Hall–Kier alpha value is -2.85. The molecule has 1 aromatic heterocycles. The third-order valence-electron chi connectivity index (χ3n) is 3.94. The molecular formula is C18H20F5N3O3. The van der Waals surface area contributed by atoms with Crippen LogP contribution in [0.25, 0.3) is 0 Å². The van der Waals surface area contributed by atoms with Gasteiger partial charge in [-0.05, 0) is 38.0 Å². The Morgan fingerprint density at radius 1 is 1.24 bits per heavy atom. The highest BCUT2D eigenvalue weighted by molar-refractivity contribution is 5.95. The lowest BCUT2D eigenvalue weighted by Gasteiger charge is -2.15. The van der Waals surface area contributed by atoms with Crippen molar-refractivity contribution in [1.82, 2.24) is 15.1 Å². The number of rotatable bonds is 8. The standard InChI is InChI=1S/C18H20F5N3O3/c1-10(2)26-15(18(21,22)23)12(9-25-26)16(27)24-7-6-11-4-5-13(28-3)14(8-11)29-17(19)20/h4-5,8-10,17H,6-7H2,1-3H3,(H,24,27). The predicted molar refractivity (Wildman–Crippen MR) is 93.3 cm³/mol. The number of benzene rings is 1. The van der Waals surface area contributed by atoms with Crippen LogP contribution in [-0.2, 0) is 12.6 Å². The second-order valence-corrected chi connectivity index (χ2v) is 6.31. The highest BCUT2D eigenvalue weighted by Crippen LogP contribution is 2.33. The van der Waals surface area contributed by atoms with Crippen LogP contribution in [-0.4, -0.2) is 36.0 Å². The number of aromatic nitrogens is 2. The molecule has 0 atom stereocenters. The van der Waals surface area contributed by atoms with Crippen molar-refractivity contribution in [3.05, 3.63) is 41.2 Å². The first-order chi connectivity index (χ1) is 13.5. The molecule has 0 fully saturated rings. The maximum atomic E-state index is 13.3. The number of nitrogens with one attached hydrogen (secondary N) is 1. The first-order valence-corrected chi connectivity index (χ1v) is 8.59. The lowest BCUT2D eigenvalue weighted by Crippen LogP contribution is -2.28. The zero-order valence-electron chi connectivity index (χ0n) is 15.9. The number of amides is 1. The maximum absolute atomic E-state index is 13.3. The molecule has 0 aliphatic heterocycles. The molecule has 160 valence electrons. The van der Waals surface area contributed by atoms with E-state index >= 15 is 0 Å². The van der Waals surface area contributed by atoms with Crippen molar-refractivity contribution < 1.29 is 36.2 Å². The van der Waals surface area contributed by atoms with Crippen molar-refractivity contribution in [3.8, 4) is 11.5 Å². The molecule has 0 bridgehead atoms. The highest BCUT2D eigenvalue weighted by Gasteiger charge is 2.40. The molecular weight excluding hydrogens is 401 g/mol. The van der Waals surface area contributed by atoms with Gasteiger partial charge in [0.25, 0.3) is 5.91 Å². The average Bonchev–Trinajstić information content (AvgIpc) is 3.07. The number of hydrogen-bond donors (Lipinski definition) is 1. The molecule has 2 rings (SSSR count). The molecule has 0 unspecified atom stereocenters. The fourth-order valence-electron chi connectivity index (χ4n) is 2.68. The molecule has 1 amide bonds. The number of carbonyl (C=O) groups is 1. The van der Waals surface area contributed by atoms with Gasteiger partial charge in [-0.1, -0.05) is 6.07 Å². The largest absolute Gasteiger partial charge is 0.493 e. The summed E-state index contributed by atoms with van der Waals surface area (Å²) < 4.78 is 75.0. The molecule has 2 aromatic rings. The predicted octanol–water partition coefficient (Wildman–Crippen LogP) is 4.07. The minimum absolute atomic E-state index is 0.0244. The molecule has 11 heteroatoms. The van der Waals surface area contributed by atoms with Crippen LogP contribution in [0.4, 0.5) is 22.0 Å². The van der Waals surface area contributed by atoms with E-state index in [2.05, 4.69) is 15.2 Å². The van der Waals surface area contributed by atoms with Crippen LogP contribution in [0.2, 0.25) is 0 Å². The molecule has 1 aromatic carbocycles. The monoisotopic (exact) mass is 421 g/mol. The zero-order valence-corrected chi connectivity index (χ0v) is 15.9. The van der Waals surface area contributed by atoms with Crippen LogP contribution in [0.1, 0.15) is 41.5 Å². The number of halogens is 5. The van der Waals surface area contributed by atoms with Gasteiger partial charge in [-0.3, -0.25) is 9.48 Å². The quantitative estimate of drug-likeness (QED) is 0.653. The number of hydrogen-bond acceptors (Lipinski definition) is 4. The fraction of sp³-hybridized carbons (Fsp3) is 0.444. The SMILES string of the molecule is COc1ccc(CCNC(=O)c2cnn(C(C)C)c2C(F)(F)F)cc1OC(F)F. The van der Waals surface area contributed by atoms with Crippen LogP contribution < -0.4 is 14.8 Å². The van der Waals surface area contributed by atoms with E-state index in [1.54, 1.807) is 6.07 Å². The van der Waals surface area contributed by atoms with Gasteiger partial charge in [0.1, 0.15) is 0 Å². The first-order valence-electron chi connectivity index (χ1n) is 8.59. The summed E-state index contributed by atoms with van der Waals surface area (Å²) in [5, 5.41) is 6.05. The van der Waals surface area contributed by atoms with Crippen molar-refractivity contribution >= 4 is 5.91 Å². The zero-order chi connectivity index (χ0) is 21.8. The van der Waals surface area contributed by atoms with Gasteiger partial charge in [0.15, 0.2) is 17.2 Å². The van der Waals surface area contributed by atoms with Crippen LogP contribution >= 0.6 is 0 Å². The van der Waals surface area contributed by atoms with E-state index in [1.807, 2.05) is 0 Å². The molecule has 0 saturated carbocycles. The molecule has 1 N–H and O–H groups in total. The molecule has 1 heterocycles. The van der Waals surface area contributed by atoms with E-state index in [0.717, 1.165) is 10.9 Å². The summed E-state index contributed by atoms with van der Waals surface area (Å²) in [6, 6.07) is 3.72. The van der Waals surface area contributed by atoms with Crippen molar-refractivity contribution in [2.45, 2.75) is 39.1 Å². The number of nitrogens with zero attached hydrogens (tertiary/aromatic N) is 2. The molecule has 29 heavy (non-hydrogen) atoms. The van der Waals surface area contributed by atoms with Crippen molar-refractivity contribution in [3.63, 3.8) is 0 Å². The summed E-state index contributed by atoms with van der Waals surface area (Å²) in [5.74, 6) is -1.00. The van der Waals surface area contributed by atoms with Crippen molar-refractivity contribution in [1.29, 1.82) is 0 Å². The Morgan fingerprint density at radius 2 is 1.93 bits per heavy atom. The fourth-order valence-corrected chi connectivity index (χ4v) is 2.68. The van der Waals surface area contributed by atoms with Crippen molar-refractivity contribution in [2.24, 2.45) is 0 Å². The molecule has 0 spiro atoms. The lowest BCUT2D eigenvalue weighted by molar-refractivity contribution is -0.145. The summed E-state index contributed by atoms with van der Waals surface area (Å²) >= 11 is 0. The number of methoxy groups -OCH3 is 1. The molecule has 0 aliphatic carbocycles. The second-order valence-electron chi connectivity index (χ2n) is 6.31. The van der Waals surface area contributed by atoms with E-state index in [9.17, 15) is 26.7 Å². The van der Waals surface area contributed by atoms with Gasteiger partial charge < -0.3 is 14.8 Å². The maximum Gasteiger partial charge on any atom is 0.433 e. The van der Waals surface area contributed by atoms with Crippen LogP contribution in [0.3, 0.4) is 0 Å². The highest BCUT2D eigenvalue weighted by atomic mass is 19.4. The Bertz CT molecular complexity index is 850. The Balaban J connectivity index is 2.09. The minimum atomic E-state index is -4.75. The Kier molecular flexibility index (Phi) is 7.04. The minimum Gasteiger partial charge on any atom is -0.493 e. The summed E-state index contributed by atoms with van der Waals surface area (Å²) in [7, 11) is 1.29. The Labute approximate surface area is 163 Å². The second kappa shape index (κ2) is 9.10. The first kappa shape index (κ1) is 22.4. The van der Waals surface area contributed by atoms with Gasteiger partial charge in [0.05, 0.1) is 18.9 Å². The third kappa shape index (κ3) is 5.58. The number of carbonyl (C=O) groups excluding carboxylic acids is 1. The van der Waals surface area contributed by atoms with Crippen LogP contribution in [0, 0.1) is 0 Å². The number of ether oxygens (including phenoxy) is 2.